The van der Waals surface area contributed by atoms with Crippen LogP contribution in [0.2, 0.25) is 0 Å². The molecule has 1 fully saturated rings. The van der Waals surface area contributed by atoms with Crippen LogP contribution in [0.3, 0.4) is 0 Å². The Kier molecular flexibility index (Phi) is 14.3. The van der Waals surface area contributed by atoms with Gasteiger partial charge in [0.25, 0.3) is 0 Å². The lowest BCUT2D eigenvalue weighted by Gasteiger charge is -2.34. The molecule has 2 rings (SSSR count). The van der Waals surface area contributed by atoms with Gasteiger partial charge in [-0.2, -0.15) is 0 Å². The fourth-order valence-corrected chi connectivity index (χ4v) is 3.50. The topological polar surface area (TPSA) is 52.1 Å². The Hall–Kier alpha value is -0.900. The van der Waals surface area contributed by atoms with Gasteiger partial charge in [-0.15, -0.1) is 24.0 Å². The number of piperazine rings is 1. The molecule has 1 aliphatic rings. The SMILES string of the molecule is CCNC(=NCCCCN1CCN(Cc2ccccc2)CC1)NC(C)COC.I. The molecule has 0 bridgehead atoms. The number of nitrogens with one attached hydrogen (secondary N) is 2. The van der Waals surface area contributed by atoms with E-state index in [0.29, 0.717) is 6.61 Å². The molecule has 0 spiro atoms. The van der Waals surface area contributed by atoms with E-state index in [2.05, 4.69) is 69.6 Å². The van der Waals surface area contributed by atoms with Gasteiger partial charge in [0.15, 0.2) is 5.96 Å². The van der Waals surface area contributed by atoms with Crippen molar-refractivity contribution < 1.29 is 4.74 Å². The van der Waals surface area contributed by atoms with Crippen molar-refractivity contribution >= 4 is 29.9 Å². The summed E-state index contributed by atoms with van der Waals surface area (Å²) in [5.74, 6) is 0.890. The lowest BCUT2D eigenvalue weighted by Crippen LogP contribution is -2.46. The molecule has 0 aliphatic carbocycles. The van der Waals surface area contributed by atoms with Gasteiger partial charge in [-0.25, -0.2) is 0 Å². The van der Waals surface area contributed by atoms with Crippen LogP contribution in [0.1, 0.15) is 32.3 Å². The molecular weight excluding hydrogens is 477 g/mol. The maximum absolute atomic E-state index is 5.18. The van der Waals surface area contributed by atoms with Gasteiger partial charge < -0.3 is 20.3 Å². The van der Waals surface area contributed by atoms with Gasteiger partial charge >= 0.3 is 0 Å². The van der Waals surface area contributed by atoms with E-state index >= 15 is 0 Å². The number of nitrogens with zero attached hydrogens (tertiary/aromatic N) is 3. The molecule has 7 heteroatoms. The van der Waals surface area contributed by atoms with Crippen molar-refractivity contribution in [3.8, 4) is 0 Å². The first-order valence-corrected chi connectivity index (χ1v) is 10.7. The van der Waals surface area contributed by atoms with E-state index in [4.69, 9.17) is 4.74 Å². The summed E-state index contributed by atoms with van der Waals surface area (Å²) in [5.41, 5.74) is 1.42. The first-order valence-electron chi connectivity index (χ1n) is 10.7. The molecule has 6 nitrogen and oxygen atoms in total. The number of guanidine groups is 1. The Morgan fingerprint density at radius 2 is 1.79 bits per heavy atom. The summed E-state index contributed by atoms with van der Waals surface area (Å²) in [5, 5.41) is 6.69. The number of benzene rings is 1. The van der Waals surface area contributed by atoms with E-state index < -0.39 is 0 Å². The van der Waals surface area contributed by atoms with Gasteiger partial charge in [0, 0.05) is 59.0 Å². The first-order chi connectivity index (χ1) is 13.7. The standard InChI is InChI=1S/C22H39N5O.HI/c1-4-23-22(25-20(2)19-28-3)24-12-8-9-13-26-14-16-27(17-15-26)18-21-10-6-5-7-11-21;/h5-7,10-11,20H,4,8-9,12-19H2,1-3H3,(H2,23,24,25);1H. The van der Waals surface area contributed by atoms with E-state index in [9.17, 15) is 0 Å². The molecule has 1 saturated heterocycles. The highest BCUT2D eigenvalue weighted by Gasteiger charge is 2.16. The maximum atomic E-state index is 5.18. The molecule has 1 atom stereocenters. The largest absolute Gasteiger partial charge is 0.383 e. The van der Waals surface area contributed by atoms with E-state index in [1.807, 2.05) is 0 Å². The van der Waals surface area contributed by atoms with E-state index in [-0.39, 0.29) is 30.0 Å². The lowest BCUT2D eigenvalue weighted by atomic mass is 10.2. The Bertz CT molecular complexity index is 549. The minimum Gasteiger partial charge on any atom is -0.383 e. The van der Waals surface area contributed by atoms with Gasteiger partial charge in [-0.3, -0.25) is 9.89 Å². The molecule has 0 saturated carbocycles. The summed E-state index contributed by atoms with van der Waals surface area (Å²) in [4.78, 5) is 9.84. The fraction of sp³-hybridized carbons (Fsp3) is 0.682. The van der Waals surface area contributed by atoms with Crippen molar-refractivity contribution in [2.75, 3.05) is 59.5 Å². The fourth-order valence-electron chi connectivity index (χ4n) is 3.50. The van der Waals surface area contributed by atoms with Gasteiger partial charge in [0.1, 0.15) is 0 Å². The number of hydrogen-bond donors (Lipinski definition) is 2. The lowest BCUT2D eigenvalue weighted by molar-refractivity contribution is 0.126. The van der Waals surface area contributed by atoms with Crippen LogP contribution in [0.4, 0.5) is 0 Å². The third-order valence-electron chi connectivity index (χ3n) is 5.01. The van der Waals surface area contributed by atoms with Crippen LogP contribution >= 0.6 is 24.0 Å². The molecule has 166 valence electrons. The Balaban J connectivity index is 0.00000420. The van der Waals surface area contributed by atoms with Crippen molar-refractivity contribution in [1.29, 1.82) is 0 Å². The molecule has 0 aromatic heterocycles. The van der Waals surface area contributed by atoms with Crippen LogP contribution in [0, 0.1) is 0 Å². The highest BCUT2D eigenvalue weighted by Crippen LogP contribution is 2.09. The summed E-state index contributed by atoms with van der Waals surface area (Å²) in [7, 11) is 1.73. The minimum atomic E-state index is 0. The summed E-state index contributed by atoms with van der Waals surface area (Å²) in [6.07, 6.45) is 2.33. The molecule has 1 aromatic rings. The van der Waals surface area contributed by atoms with Gasteiger partial charge in [0.2, 0.25) is 0 Å². The summed E-state index contributed by atoms with van der Waals surface area (Å²) >= 11 is 0. The molecule has 1 unspecified atom stereocenters. The molecule has 1 aliphatic heterocycles. The number of rotatable bonds is 11. The van der Waals surface area contributed by atoms with Crippen LogP contribution in [-0.2, 0) is 11.3 Å². The van der Waals surface area contributed by atoms with Crippen molar-refractivity contribution in [1.82, 2.24) is 20.4 Å². The van der Waals surface area contributed by atoms with Gasteiger partial charge in [-0.05, 0) is 38.8 Å². The highest BCUT2D eigenvalue weighted by molar-refractivity contribution is 14.0. The Morgan fingerprint density at radius 1 is 1.10 bits per heavy atom. The Labute approximate surface area is 194 Å². The second-order valence-corrected chi connectivity index (χ2v) is 7.57. The number of ether oxygens (including phenoxy) is 1. The summed E-state index contributed by atoms with van der Waals surface area (Å²) < 4.78 is 5.18. The summed E-state index contributed by atoms with van der Waals surface area (Å²) in [6.45, 7) is 13.6. The second-order valence-electron chi connectivity index (χ2n) is 7.57. The third kappa shape index (κ3) is 11.2. The second kappa shape index (κ2) is 15.9. The molecule has 1 heterocycles. The number of unbranched alkanes of at least 4 members (excludes halogenated alkanes) is 1. The molecule has 29 heavy (non-hydrogen) atoms. The predicted molar refractivity (Wildman–Crippen MR) is 133 cm³/mol. The monoisotopic (exact) mass is 517 g/mol. The van der Waals surface area contributed by atoms with Crippen LogP contribution < -0.4 is 10.6 Å². The maximum Gasteiger partial charge on any atom is 0.191 e. The normalized spacial score (nSPS) is 16.9. The molecular formula is C22H40IN5O. The van der Waals surface area contributed by atoms with E-state index in [0.717, 1.165) is 32.0 Å². The number of hydrogen-bond acceptors (Lipinski definition) is 4. The minimum absolute atomic E-state index is 0. The quantitative estimate of drug-likeness (QED) is 0.205. The average Bonchev–Trinajstić information content (AvgIpc) is 2.70. The number of methoxy groups -OCH3 is 1. The van der Waals surface area contributed by atoms with Crippen molar-refractivity contribution in [3.63, 3.8) is 0 Å². The first kappa shape index (κ1) is 26.1. The zero-order valence-electron chi connectivity index (χ0n) is 18.4. The van der Waals surface area contributed by atoms with Crippen LogP contribution in [-0.4, -0.2) is 81.3 Å². The van der Waals surface area contributed by atoms with Crippen molar-refractivity contribution in [2.24, 2.45) is 4.99 Å². The van der Waals surface area contributed by atoms with E-state index in [1.165, 1.54) is 44.7 Å². The predicted octanol–water partition coefficient (Wildman–Crippen LogP) is 2.79. The third-order valence-corrected chi connectivity index (χ3v) is 5.01. The average molecular weight is 518 g/mol. The Morgan fingerprint density at radius 3 is 2.45 bits per heavy atom. The highest BCUT2D eigenvalue weighted by atomic mass is 127. The molecule has 0 radical (unpaired) electrons. The van der Waals surface area contributed by atoms with Crippen molar-refractivity contribution in [2.45, 2.75) is 39.3 Å². The zero-order valence-corrected chi connectivity index (χ0v) is 20.7. The van der Waals surface area contributed by atoms with Gasteiger partial charge in [0.05, 0.1) is 6.61 Å². The van der Waals surface area contributed by atoms with Crippen LogP contribution in [0.5, 0.6) is 0 Å². The number of halogens is 1. The van der Waals surface area contributed by atoms with Crippen LogP contribution in [0.15, 0.2) is 35.3 Å². The molecule has 0 amide bonds. The molecule has 2 N–H and O–H groups in total. The van der Waals surface area contributed by atoms with Crippen LogP contribution in [0.25, 0.3) is 0 Å². The molecule has 1 aromatic carbocycles. The van der Waals surface area contributed by atoms with E-state index in [1.54, 1.807) is 7.11 Å². The summed E-state index contributed by atoms with van der Waals surface area (Å²) in [6, 6.07) is 11.0. The number of aliphatic imine (C=N–C) groups is 1. The zero-order chi connectivity index (χ0) is 20.0. The smallest absolute Gasteiger partial charge is 0.191 e. The van der Waals surface area contributed by atoms with Gasteiger partial charge in [-0.1, -0.05) is 30.3 Å². The van der Waals surface area contributed by atoms with Crippen molar-refractivity contribution in [3.05, 3.63) is 35.9 Å².